The van der Waals surface area contributed by atoms with Gasteiger partial charge in [-0.2, -0.15) is 4.68 Å². The second-order valence-electron chi connectivity index (χ2n) is 6.62. The summed E-state index contributed by atoms with van der Waals surface area (Å²) >= 11 is 0. The molecule has 0 aliphatic carbocycles. The molecule has 2 aliphatic heterocycles. The average Bonchev–Trinajstić information content (AvgIpc) is 3.37. The Hall–Kier alpha value is -3.66. The smallest absolute Gasteiger partial charge is 0.320 e. The van der Waals surface area contributed by atoms with Gasteiger partial charge in [-0.3, -0.25) is 0 Å². The number of amides is 3. The molecule has 1 saturated heterocycles. The Morgan fingerprint density at radius 2 is 1.54 bits per heavy atom. The summed E-state index contributed by atoms with van der Waals surface area (Å²) < 4.78 is 1.31. The van der Waals surface area contributed by atoms with Crippen molar-refractivity contribution in [2.45, 2.75) is 0 Å². The van der Waals surface area contributed by atoms with Crippen LogP contribution in [0.1, 0.15) is 0 Å². The first-order valence-electron chi connectivity index (χ1n) is 9.02. The molecular formula is C18H18N8O2. The number of carbonyl (C=O) groups excluding carboxylic acids is 2. The average molecular weight is 378 g/mol. The van der Waals surface area contributed by atoms with Crippen LogP contribution in [-0.4, -0.2) is 63.0 Å². The van der Waals surface area contributed by atoms with Gasteiger partial charge in [0.05, 0.1) is 16.9 Å². The third kappa shape index (κ3) is 2.62. The summed E-state index contributed by atoms with van der Waals surface area (Å²) in [6.07, 6.45) is 0. The van der Waals surface area contributed by atoms with Crippen LogP contribution in [0.25, 0.3) is 11.0 Å². The number of hydrogen-bond donors (Lipinski definition) is 2. The van der Waals surface area contributed by atoms with Crippen LogP contribution in [0.15, 0.2) is 48.5 Å². The van der Waals surface area contributed by atoms with Crippen molar-refractivity contribution in [1.82, 2.24) is 30.3 Å². The molecule has 3 heterocycles. The van der Waals surface area contributed by atoms with Crippen molar-refractivity contribution in [1.29, 1.82) is 0 Å². The zero-order valence-corrected chi connectivity index (χ0v) is 14.9. The molecule has 5 rings (SSSR count). The summed E-state index contributed by atoms with van der Waals surface area (Å²) in [5, 5.41) is 9.50. The summed E-state index contributed by atoms with van der Waals surface area (Å²) in [6.45, 7) is 1.75. The number of fused-ring (bicyclic) bond motifs is 2. The number of carbonyl (C=O) groups is 2. The lowest BCUT2D eigenvalue weighted by Crippen LogP contribution is -2.56. The van der Waals surface area contributed by atoms with Gasteiger partial charge in [0, 0.05) is 26.2 Å². The number of nitrogens with zero attached hydrogens (tertiary/aromatic N) is 6. The number of aromatic nitrogens is 3. The van der Waals surface area contributed by atoms with E-state index in [1.807, 2.05) is 48.5 Å². The first kappa shape index (κ1) is 16.5. The van der Waals surface area contributed by atoms with E-state index in [2.05, 4.69) is 21.3 Å². The number of benzene rings is 2. The maximum Gasteiger partial charge on any atom is 0.346 e. The Kier molecular flexibility index (Phi) is 3.83. The zero-order chi connectivity index (χ0) is 19.1. The van der Waals surface area contributed by atoms with Gasteiger partial charge in [-0.15, -0.1) is 10.6 Å². The van der Waals surface area contributed by atoms with Crippen molar-refractivity contribution < 1.29 is 9.59 Å². The van der Waals surface area contributed by atoms with Gasteiger partial charge in [-0.25, -0.2) is 14.6 Å². The molecule has 0 atom stereocenters. The van der Waals surface area contributed by atoms with Gasteiger partial charge in [0.15, 0.2) is 0 Å². The minimum Gasteiger partial charge on any atom is -0.320 e. The van der Waals surface area contributed by atoms with Crippen LogP contribution in [0.5, 0.6) is 0 Å². The number of nitrogens with one attached hydrogen (secondary N) is 2. The number of para-hydroxylation sites is 3. The van der Waals surface area contributed by atoms with Crippen LogP contribution in [0.2, 0.25) is 0 Å². The molecule has 3 aromatic rings. The topological polar surface area (TPSA) is 98.6 Å². The Balaban J connectivity index is 1.27. The van der Waals surface area contributed by atoms with Crippen LogP contribution in [0.4, 0.5) is 21.0 Å². The lowest BCUT2D eigenvalue weighted by molar-refractivity contribution is 0.144. The second-order valence-corrected chi connectivity index (χ2v) is 6.62. The quantitative estimate of drug-likeness (QED) is 0.615. The Morgan fingerprint density at radius 1 is 0.857 bits per heavy atom. The summed E-state index contributed by atoms with van der Waals surface area (Å²) in [5.74, 6) is 0. The molecule has 0 saturated carbocycles. The predicted molar refractivity (Wildman–Crippen MR) is 103 cm³/mol. The molecule has 0 bridgehead atoms. The molecular weight excluding hydrogens is 360 g/mol. The highest BCUT2D eigenvalue weighted by Crippen LogP contribution is 2.29. The molecule has 0 spiro atoms. The predicted octanol–water partition coefficient (Wildman–Crippen LogP) is 1.49. The van der Waals surface area contributed by atoms with Crippen molar-refractivity contribution in [2.24, 2.45) is 0 Å². The third-order valence-electron chi connectivity index (χ3n) is 4.99. The van der Waals surface area contributed by atoms with E-state index in [-0.39, 0.29) is 12.1 Å². The Labute approximate surface area is 160 Å². The van der Waals surface area contributed by atoms with Crippen molar-refractivity contribution in [2.75, 3.05) is 36.6 Å². The van der Waals surface area contributed by atoms with Gasteiger partial charge >= 0.3 is 12.1 Å². The van der Waals surface area contributed by atoms with Gasteiger partial charge in [0.2, 0.25) is 0 Å². The molecule has 2 N–H and O–H groups in total. The van der Waals surface area contributed by atoms with Gasteiger partial charge in [0.1, 0.15) is 5.52 Å². The van der Waals surface area contributed by atoms with E-state index >= 15 is 0 Å². The molecule has 2 aliphatic rings. The van der Waals surface area contributed by atoms with Crippen molar-refractivity contribution in [3.63, 3.8) is 0 Å². The van der Waals surface area contributed by atoms with Crippen molar-refractivity contribution >= 4 is 34.5 Å². The lowest BCUT2D eigenvalue weighted by atomic mass is 10.2. The zero-order valence-electron chi connectivity index (χ0n) is 14.9. The van der Waals surface area contributed by atoms with Gasteiger partial charge in [-0.1, -0.05) is 29.5 Å². The summed E-state index contributed by atoms with van der Waals surface area (Å²) in [5.41, 5.74) is 8.84. The first-order chi connectivity index (χ1) is 13.7. The van der Waals surface area contributed by atoms with E-state index < -0.39 is 0 Å². The van der Waals surface area contributed by atoms with Crippen LogP contribution in [0, 0.1) is 0 Å². The molecule has 2 aromatic carbocycles. The number of hydrazine groups is 2. The molecule has 10 heteroatoms. The van der Waals surface area contributed by atoms with Gasteiger partial charge in [-0.05, 0) is 24.3 Å². The molecule has 142 valence electrons. The van der Waals surface area contributed by atoms with E-state index in [4.69, 9.17) is 0 Å². The Bertz CT molecular complexity index is 1060. The van der Waals surface area contributed by atoms with Crippen LogP contribution < -0.4 is 16.0 Å². The highest BCUT2D eigenvalue weighted by atomic mass is 16.2. The van der Waals surface area contributed by atoms with Crippen LogP contribution in [0.3, 0.4) is 0 Å². The molecule has 3 amide bonds. The number of piperazine rings is 1. The molecule has 10 nitrogen and oxygen atoms in total. The maximum absolute atomic E-state index is 12.9. The monoisotopic (exact) mass is 378 g/mol. The largest absolute Gasteiger partial charge is 0.346 e. The van der Waals surface area contributed by atoms with E-state index in [0.29, 0.717) is 37.2 Å². The normalized spacial score (nSPS) is 16.2. The second kappa shape index (κ2) is 6.50. The summed E-state index contributed by atoms with van der Waals surface area (Å²) in [6, 6.07) is 14.5. The van der Waals surface area contributed by atoms with Crippen LogP contribution >= 0.6 is 0 Å². The molecule has 0 radical (unpaired) electrons. The van der Waals surface area contributed by atoms with E-state index in [1.54, 1.807) is 9.80 Å². The fourth-order valence-corrected chi connectivity index (χ4v) is 3.48. The number of hydrogen-bond acceptors (Lipinski definition) is 6. The maximum atomic E-state index is 12.9. The molecule has 28 heavy (non-hydrogen) atoms. The first-order valence-corrected chi connectivity index (χ1v) is 9.02. The van der Waals surface area contributed by atoms with Gasteiger partial charge in [0.25, 0.3) is 0 Å². The minimum atomic E-state index is -0.230. The summed E-state index contributed by atoms with van der Waals surface area (Å²) in [7, 11) is 0. The molecule has 1 aromatic heterocycles. The third-order valence-corrected chi connectivity index (χ3v) is 4.99. The van der Waals surface area contributed by atoms with Crippen molar-refractivity contribution in [3.05, 3.63) is 48.5 Å². The van der Waals surface area contributed by atoms with E-state index in [1.165, 1.54) is 9.69 Å². The fourth-order valence-electron chi connectivity index (χ4n) is 3.48. The fraction of sp³-hybridized carbons (Fsp3) is 0.222. The van der Waals surface area contributed by atoms with E-state index in [0.717, 1.165) is 11.4 Å². The summed E-state index contributed by atoms with van der Waals surface area (Å²) in [4.78, 5) is 29.1. The lowest BCUT2D eigenvalue weighted by Gasteiger charge is -2.35. The van der Waals surface area contributed by atoms with Gasteiger partial charge < -0.3 is 15.2 Å². The standard InChI is InChI=1S/C18H18N8O2/c27-17(25-15-7-3-1-5-13(15)19-21-25)23-9-11-24(12-10-23)18(28)26-16-8-4-2-6-14(16)20-22-26/h1-8,19,21H,9-12H2. The highest BCUT2D eigenvalue weighted by Gasteiger charge is 2.32. The van der Waals surface area contributed by atoms with Crippen LogP contribution in [-0.2, 0) is 0 Å². The highest BCUT2D eigenvalue weighted by molar-refractivity contribution is 5.97. The SMILES string of the molecule is O=C(N1CCN(C(=O)n2nnc3ccccc32)CC1)N1NNc2ccccc21. The Morgan fingerprint density at radius 3 is 2.36 bits per heavy atom. The number of urea groups is 1. The number of anilines is 2. The minimum absolute atomic E-state index is 0.157. The number of rotatable bonds is 0. The molecule has 0 unspecified atom stereocenters. The molecule has 1 fully saturated rings. The van der Waals surface area contributed by atoms with Crippen molar-refractivity contribution in [3.8, 4) is 0 Å². The van der Waals surface area contributed by atoms with E-state index in [9.17, 15) is 9.59 Å².